The summed E-state index contributed by atoms with van der Waals surface area (Å²) in [6.07, 6.45) is 1.56. The van der Waals surface area contributed by atoms with Gasteiger partial charge in [0, 0.05) is 40.6 Å². The van der Waals surface area contributed by atoms with Crippen LogP contribution in [0.15, 0.2) is 61.0 Å². The van der Waals surface area contributed by atoms with E-state index in [0.717, 1.165) is 23.8 Å². The molecule has 37 heavy (non-hydrogen) atoms. The van der Waals surface area contributed by atoms with E-state index in [9.17, 15) is 22.8 Å². The van der Waals surface area contributed by atoms with Gasteiger partial charge >= 0.3 is 5.63 Å². The van der Waals surface area contributed by atoms with Gasteiger partial charge in [0.1, 0.15) is 11.3 Å². The molecule has 2 amide bonds. The number of fused-ring (bicyclic) bond motifs is 1. The molecule has 0 atom stereocenters. The van der Waals surface area contributed by atoms with Crippen LogP contribution in [0.3, 0.4) is 0 Å². The second-order valence-corrected chi connectivity index (χ2v) is 11.8. The number of rotatable bonds is 6. The van der Waals surface area contributed by atoms with E-state index >= 15 is 0 Å². The topological polar surface area (TPSA) is 135 Å². The maximum atomic E-state index is 13.1. The number of halogens is 1. The Morgan fingerprint density at radius 1 is 1.11 bits per heavy atom. The summed E-state index contributed by atoms with van der Waals surface area (Å²) in [7, 11) is -3.77. The number of aryl methyl sites for hydroxylation is 1. The lowest BCUT2D eigenvalue weighted by Gasteiger charge is -2.29. The Hall–Kier alpha value is -3.22. The highest BCUT2D eigenvalue weighted by Crippen LogP contribution is 2.26. The Kier molecular flexibility index (Phi) is 8.00. The first-order chi connectivity index (χ1) is 17.5. The Balaban J connectivity index is 1.37. The van der Waals surface area contributed by atoms with Gasteiger partial charge in [-0.15, -0.1) is 0 Å². The van der Waals surface area contributed by atoms with E-state index in [1.165, 1.54) is 34.6 Å². The normalized spacial score (nSPS) is 14.9. The van der Waals surface area contributed by atoms with Gasteiger partial charge < -0.3 is 9.15 Å². The van der Waals surface area contributed by atoms with Gasteiger partial charge in [-0.2, -0.15) is 4.31 Å². The van der Waals surface area contributed by atoms with Gasteiger partial charge in [0.15, 0.2) is 6.61 Å². The van der Waals surface area contributed by atoms with Crippen LogP contribution in [0.4, 0.5) is 0 Å². The molecule has 0 spiro atoms. The van der Waals surface area contributed by atoms with Crippen molar-refractivity contribution in [2.24, 2.45) is 5.92 Å². The van der Waals surface area contributed by atoms with Crippen molar-refractivity contribution in [3.8, 4) is 5.75 Å². The number of hydrogen-bond donors (Lipinski definition) is 2. The molecule has 1 aliphatic heterocycles. The molecule has 196 valence electrons. The standard InChI is InChI=1S/C25H26BrN3O7S/c1-15-5-7-29(8-6-15)37(33,34)20-11-17(10-18(26)12-20)25(32)28-27-23(30)14-35-19-3-4-21-16(2)9-24(31)36-22(21)13-19/h3-4,9-13,15H,5-8,14H2,1-2H3,(H,27,30)(H,28,32). The molecule has 1 saturated heterocycles. The van der Waals surface area contributed by atoms with E-state index in [1.807, 2.05) is 0 Å². The van der Waals surface area contributed by atoms with Crippen LogP contribution < -0.4 is 21.2 Å². The van der Waals surface area contributed by atoms with E-state index < -0.39 is 34.1 Å². The minimum Gasteiger partial charge on any atom is -0.484 e. The van der Waals surface area contributed by atoms with Crippen molar-refractivity contribution >= 4 is 48.7 Å². The van der Waals surface area contributed by atoms with Gasteiger partial charge in [-0.3, -0.25) is 20.4 Å². The minimum absolute atomic E-state index is 0.00516. The molecule has 4 rings (SSSR count). The van der Waals surface area contributed by atoms with Gasteiger partial charge in [-0.05, 0) is 61.6 Å². The fraction of sp³-hybridized carbons (Fsp3) is 0.320. The number of carbonyl (C=O) groups is 2. The van der Waals surface area contributed by atoms with Gasteiger partial charge in [0.25, 0.3) is 11.8 Å². The molecule has 2 N–H and O–H groups in total. The van der Waals surface area contributed by atoms with Gasteiger partial charge in [0.2, 0.25) is 10.0 Å². The number of ether oxygens (including phenoxy) is 1. The number of nitrogens with one attached hydrogen (secondary N) is 2. The zero-order valence-corrected chi connectivity index (χ0v) is 22.6. The Morgan fingerprint density at radius 2 is 1.84 bits per heavy atom. The fourth-order valence-corrected chi connectivity index (χ4v) is 6.18. The van der Waals surface area contributed by atoms with Crippen LogP contribution in [-0.2, 0) is 14.8 Å². The van der Waals surface area contributed by atoms with Crippen molar-refractivity contribution in [3.63, 3.8) is 0 Å². The van der Waals surface area contributed by atoms with Gasteiger partial charge in [-0.1, -0.05) is 22.9 Å². The number of carbonyl (C=O) groups excluding carboxylic acids is 2. The maximum Gasteiger partial charge on any atom is 0.336 e. The predicted molar refractivity (Wildman–Crippen MR) is 140 cm³/mol. The molecule has 1 fully saturated rings. The Bertz CT molecular complexity index is 1510. The third-order valence-electron chi connectivity index (χ3n) is 6.12. The van der Waals surface area contributed by atoms with Gasteiger partial charge in [-0.25, -0.2) is 13.2 Å². The monoisotopic (exact) mass is 591 g/mol. The Labute approximate surface area is 222 Å². The first-order valence-corrected chi connectivity index (χ1v) is 13.8. The van der Waals surface area contributed by atoms with Crippen LogP contribution in [-0.4, -0.2) is 44.2 Å². The highest BCUT2D eigenvalue weighted by Gasteiger charge is 2.29. The second kappa shape index (κ2) is 11.0. The van der Waals surface area contributed by atoms with E-state index in [2.05, 4.69) is 33.7 Å². The summed E-state index contributed by atoms with van der Waals surface area (Å²) in [6.45, 7) is 4.31. The molecule has 0 unspecified atom stereocenters. The fourth-order valence-electron chi connectivity index (χ4n) is 4.00. The van der Waals surface area contributed by atoms with Crippen molar-refractivity contribution < 1.29 is 27.2 Å². The average Bonchev–Trinajstić information content (AvgIpc) is 2.85. The number of nitrogens with zero attached hydrogens (tertiary/aromatic N) is 1. The number of amides is 2. The van der Waals surface area contributed by atoms with Crippen molar-refractivity contribution in [1.29, 1.82) is 0 Å². The summed E-state index contributed by atoms with van der Waals surface area (Å²) in [4.78, 5) is 36.4. The summed E-state index contributed by atoms with van der Waals surface area (Å²) in [5.74, 6) is -0.573. The van der Waals surface area contributed by atoms with Crippen LogP contribution >= 0.6 is 15.9 Å². The summed E-state index contributed by atoms with van der Waals surface area (Å²) in [5.41, 5.74) is 5.16. The average molecular weight is 592 g/mol. The first-order valence-electron chi connectivity index (χ1n) is 11.6. The predicted octanol–water partition coefficient (Wildman–Crippen LogP) is 3.12. The maximum absolute atomic E-state index is 13.1. The van der Waals surface area contributed by atoms with E-state index in [1.54, 1.807) is 19.1 Å². The SMILES string of the molecule is Cc1cc(=O)oc2cc(OCC(=O)NNC(=O)c3cc(Br)cc(S(=O)(=O)N4CCC(C)CC4)c3)ccc12. The largest absolute Gasteiger partial charge is 0.484 e. The lowest BCUT2D eigenvalue weighted by Crippen LogP contribution is -2.44. The minimum atomic E-state index is -3.77. The summed E-state index contributed by atoms with van der Waals surface area (Å²) < 4.78 is 38.6. The number of sulfonamides is 1. The number of benzene rings is 2. The van der Waals surface area contributed by atoms with Crippen LogP contribution in [0.1, 0.15) is 35.7 Å². The molecule has 2 heterocycles. The summed E-state index contributed by atoms with van der Waals surface area (Å²) in [6, 6.07) is 10.4. The lowest BCUT2D eigenvalue weighted by atomic mass is 10.0. The van der Waals surface area contributed by atoms with Crippen LogP contribution in [0.25, 0.3) is 11.0 Å². The smallest absolute Gasteiger partial charge is 0.336 e. The van der Waals surface area contributed by atoms with E-state index in [-0.39, 0.29) is 10.5 Å². The van der Waals surface area contributed by atoms with Crippen LogP contribution in [0.2, 0.25) is 0 Å². The highest BCUT2D eigenvalue weighted by atomic mass is 79.9. The molecule has 0 aliphatic carbocycles. The van der Waals surface area contributed by atoms with Crippen molar-refractivity contribution in [1.82, 2.24) is 15.2 Å². The lowest BCUT2D eigenvalue weighted by molar-refractivity contribution is -0.123. The van der Waals surface area contributed by atoms with Crippen LogP contribution in [0, 0.1) is 12.8 Å². The molecule has 3 aromatic rings. The van der Waals surface area contributed by atoms with Crippen molar-refractivity contribution in [2.45, 2.75) is 31.6 Å². The molecular weight excluding hydrogens is 566 g/mol. The molecule has 1 aromatic heterocycles. The molecule has 2 aromatic carbocycles. The number of hydrazine groups is 1. The first kappa shape index (κ1) is 26.8. The molecule has 1 aliphatic rings. The summed E-state index contributed by atoms with van der Waals surface area (Å²) in [5, 5.41) is 0.744. The van der Waals surface area contributed by atoms with Crippen LogP contribution in [0.5, 0.6) is 5.75 Å². The molecule has 0 bridgehead atoms. The molecule has 0 saturated carbocycles. The zero-order chi connectivity index (χ0) is 26.7. The highest BCUT2D eigenvalue weighted by molar-refractivity contribution is 9.10. The molecule has 10 nitrogen and oxygen atoms in total. The van der Waals surface area contributed by atoms with Crippen molar-refractivity contribution in [3.05, 3.63) is 68.5 Å². The molecular formula is C25H26BrN3O7S. The van der Waals surface area contributed by atoms with Gasteiger partial charge in [0.05, 0.1) is 4.90 Å². The second-order valence-electron chi connectivity index (χ2n) is 8.96. The molecule has 12 heteroatoms. The summed E-state index contributed by atoms with van der Waals surface area (Å²) >= 11 is 3.27. The molecule has 0 radical (unpaired) electrons. The van der Waals surface area contributed by atoms with E-state index in [4.69, 9.17) is 9.15 Å². The number of piperidine rings is 1. The number of hydrogen-bond acceptors (Lipinski definition) is 7. The third-order valence-corrected chi connectivity index (χ3v) is 8.46. The van der Waals surface area contributed by atoms with E-state index in [0.29, 0.717) is 34.8 Å². The van der Waals surface area contributed by atoms with Crippen molar-refractivity contribution in [2.75, 3.05) is 19.7 Å². The quantitative estimate of drug-likeness (QED) is 0.332. The Morgan fingerprint density at radius 3 is 2.57 bits per heavy atom. The third kappa shape index (κ3) is 6.38. The zero-order valence-electron chi connectivity index (χ0n) is 20.2.